The number of ether oxygens (including phenoxy) is 1. The van der Waals surface area contributed by atoms with Crippen LogP contribution in [0.5, 0.6) is 11.5 Å². The van der Waals surface area contributed by atoms with E-state index in [4.69, 9.17) is 4.74 Å². The van der Waals surface area contributed by atoms with E-state index < -0.39 is 0 Å². The molecule has 0 bridgehead atoms. The molecule has 4 heteroatoms. The predicted molar refractivity (Wildman–Crippen MR) is 74.2 cm³/mol. The Hall–Kier alpha value is -1.26. The van der Waals surface area contributed by atoms with Gasteiger partial charge in [0.15, 0.2) is 0 Å². The summed E-state index contributed by atoms with van der Waals surface area (Å²) in [5.74, 6) is 1.10. The molecule has 18 heavy (non-hydrogen) atoms. The van der Waals surface area contributed by atoms with Gasteiger partial charge in [0.25, 0.3) is 0 Å². The molecule has 0 aliphatic rings. The third-order valence-electron chi connectivity index (χ3n) is 3.28. The minimum Gasteiger partial charge on any atom is -0.508 e. The van der Waals surface area contributed by atoms with Gasteiger partial charge in [0, 0.05) is 11.6 Å². The lowest BCUT2D eigenvalue weighted by molar-refractivity contribution is 0.252. The lowest BCUT2D eigenvalue weighted by Gasteiger charge is -2.26. The zero-order valence-electron chi connectivity index (χ0n) is 11.7. The lowest BCUT2D eigenvalue weighted by atomic mass is 10.1. The highest BCUT2D eigenvalue weighted by molar-refractivity contribution is 5.41. The summed E-state index contributed by atoms with van der Waals surface area (Å²) in [4.78, 5) is 2.23. The summed E-state index contributed by atoms with van der Waals surface area (Å²) in [6.45, 7) is 4.08. The molecule has 0 amide bonds. The highest BCUT2D eigenvalue weighted by Crippen LogP contribution is 2.30. The van der Waals surface area contributed by atoms with Crippen molar-refractivity contribution >= 4 is 0 Å². The van der Waals surface area contributed by atoms with Gasteiger partial charge in [-0.2, -0.15) is 0 Å². The van der Waals surface area contributed by atoms with Crippen molar-refractivity contribution in [1.29, 1.82) is 0 Å². The van der Waals surface area contributed by atoms with Crippen molar-refractivity contribution in [1.82, 2.24) is 10.2 Å². The lowest BCUT2D eigenvalue weighted by Crippen LogP contribution is -2.25. The van der Waals surface area contributed by atoms with Crippen LogP contribution in [0.15, 0.2) is 18.2 Å². The van der Waals surface area contributed by atoms with Crippen LogP contribution in [0.3, 0.4) is 0 Å². The van der Waals surface area contributed by atoms with Gasteiger partial charge in [0.1, 0.15) is 11.5 Å². The van der Waals surface area contributed by atoms with Gasteiger partial charge in [-0.15, -0.1) is 0 Å². The molecule has 1 atom stereocenters. The Morgan fingerprint density at radius 2 is 2.17 bits per heavy atom. The molecule has 1 aromatic carbocycles. The van der Waals surface area contributed by atoms with Crippen LogP contribution in [0.1, 0.15) is 24.9 Å². The molecule has 0 aliphatic carbocycles. The van der Waals surface area contributed by atoms with Gasteiger partial charge in [-0.05, 0) is 58.7 Å². The Labute approximate surface area is 110 Å². The quantitative estimate of drug-likeness (QED) is 0.729. The number of nitrogens with one attached hydrogen (secondary N) is 1. The first-order valence-electron chi connectivity index (χ1n) is 6.32. The number of hydrogen-bond acceptors (Lipinski definition) is 4. The average molecular weight is 252 g/mol. The molecular formula is C14H24N2O2. The maximum atomic E-state index is 9.93. The molecule has 0 aromatic heterocycles. The number of nitrogens with zero attached hydrogens (tertiary/aromatic N) is 1. The molecule has 0 aliphatic heterocycles. The van der Waals surface area contributed by atoms with Crippen LogP contribution in [0.2, 0.25) is 0 Å². The molecule has 1 aromatic rings. The Morgan fingerprint density at radius 3 is 2.78 bits per heavy atom. The Bertz CT molecular complexity index is 369. The zero-order chi connectivity index (χ0) is 13.5. The van der Waals surface area contributed by atoms with Gasteiger partial charge >= 0.3 is 0 Å². The van der Waals surface area contributed by atoms with E-state index in [1.807, 2.05) is 13.1 Å². The standard InChI is InChI=1S/C14H24N2O2/c1-11(16(3)9-5-8-15-2)13-10-12(18-4)6-7-14(13)17/h6-7,10-11,15,17H,5,8-9H2,1-4H3. The summed E-state index contributed by atoms with van der Waals surface area (Å²) in [6.07, 6.45) is 1.09. The number of methoxy groups -OCH3 is 1. The Morgan fingerprint density at radius 1 is 1.44 bits per heavy atom. The van der Waals surface area contributed by atoms with Gasteiger partial charge in [-0.25, -0.2) is 0 Å². The van der Waals surface area contributed by atoms with Crippen LogP contribution in [0, 0.1) is 0 Å². The number of phenols is 1. The maximum Gasteiger partial charge on any atom is 0.120 e. The van der Waals surface area contributed by atoms with Crippen molar-refractivity contribution in [3.8, 4) is 11.5 Å². The first-order chi connectivity index (χ1) is 8.60. The number of benzene rings is 1. The second-order valence-electron chi connectivity index (χ2n) is 4.54. The molecule has 2 N–H and O–H groups in total. The molecule has 1 unspecified atom stereocenters. The van der Waals surface area contributed by atoms with Crippen molar-refractivity contribution in [2.45, 2.75) is 19.4 Å². The van der Waals surface area contributed by atoms with Crippen LogP contribution in [-0.2, 0) is 0 Å². The first kappa shape index (κ1) is 14.8. The third kappa shape index (κ3) is 3.89. The van der Waals surface area contributed by atoms with Gasteiger partial charge in [0.05, 0.1) is 7.11 Å². The Kier molecular flexibility index (Phi) is 5.95. The number of aromatic hydroxyl groups is 1. The Balaban J connectivity index is 2.72. The van der Waals surface area contributed by atoms with Crippen molar-refractivity contribution in [2.75, 3.05) is 34.3 Å². The average Bonchev–Trinajstić information content (AvgIpc) is 2.38. The molecule has 0 spiro atoms. The van der Waals surface area contributed by atoms with Crippen LogP contribution >= 0.6 is 0 Å². The van der Waals surface area contributed by atoms with E-state index in [1.165, 1.54) is 0 Å². The topological polar surface area (TPSA) is 44.7 Å². The molecule has 1 rings (SSSR count). The molecule has 0 saturated heterocycles. The largest absolute Gasteiger partial charge is 0.508 e. The van der Waals surface area contributed by atoms with Gasteiger partial charge < -0.3 is 15.2 Å². The second-order valence-corrected chi connectivity index (χ2v) is 4.54. The molecule has 0 radical (unpaired) electrons. The van der Waals surface area contributed by atoms with Crippen LogP contribution < -0.4 is 10.1 Å². The highest BCUT2D eigenvalue weighted by Gasteiger charge is 2.15. The van der Waals surface area contributed by atoms with Crippen LogP contribution in [0.4, 0.5) is 0 Å². The fourth-order valence-corrected chi connectivity index (χ4v) is 1.93. The number of phenolic OH excluding ortho intramolecular Hbond substituents is 1. The van der Waals surface area contributed by atoms with E-state index in [0.29, 0.717) is 5.75 Å². The smallest absolute Gasteiger partial charge is 0.120 e. The van der Waals surface area contributed by atoms with Crippen LogP contribution in [-0.4, -0.2) is 44.3 Å². The summed E-state index contributed by atoms with van der Waals surface area (Å²) in [5, 5.41) is 13.1. The van der Waals surface area contributed by atoms with Crippen molar-refractivity contribution < 1.29 is 9.84 Å². The fourth-order valence-electron chi connectivity index (χ4n) is 1.93. The molecule has 4 nitrogen and oxygen atoms in total. The van der Waals surface area contributed by atoms with E-state index in [9.17, 15) is 5.11 Å². The number of hydrogen-bond donors (Lipinski definition) is 2. The summed E-state index contributed by atoms with van der Waals surface area (Å²) in [6, 6.07) is 5.52. The van der Waals surface area contributed by atoms with Crippen molar-refractivity contribution in [3.63, 3.8) is 0 Å². The molecule has 0 fully saturated rings. The SMILES string of the molecule is CNCCCN(C)C(C)c1cc(OC)ccc1O. The van der Waals surface area contributed by atoms with E-state index in [0.717, 1.165) is 30.8 Å². The predicted octanol–water partition coefficient (Wildman–Crippen LogP) is 2.00. The summed E-state index contributed by atoms with van der Waals surface area (Å²) >= 11 is 0. The highest BCUT2D eigenvalue weighted by atomic mass is 16.5. The number of rotatable bonds is 7. The summed E-state index contributed by atoms with van der Waals surface area (Å²) < 4.78 is 5.20. The minimum absolute atomic E-state index is 0.164. The normalized spacial score (nSPS) is 12.7. The molecule has 102 valence electrons. The fraction of sp³-hybridized carbons (Fsp3) is 0.571. The maximum absolute atomic E-state index is 9.93. The molecular weight excluding hydrogens is 228 g/mol. The van der Waals surface area contributed by atoms with E-state index in [2.05, 4.69) is 24.2 Å². The molecule has 0 heterocycles. The van der Waals surface area contributed by atoms with Gasteiger partial charge in [-0.1, -0.05) is 0 Å². The summed E-state index contributed by atoms with van der Waals surface area (Å²) in [5.41, 5.74) is 0.904. The molecule has 0 saturated carbocycles. The van der Waals surface area contributed by atoms with Crippen molar-refractivity contribution in [2.24, 2.45) is 0 Å². The third-order valence-corrected chi connectivity index (χ3v) is 3.28. The summed E-state index contributed by atoms with van der Waals surface area (Å²) in [7, 11) is 5.66. The van der Waals surface area contributed by atoms with Crippen molar-refractivity contribution in [3.05, 3.63) is 23.8 Å². The zero-order valence-corrected chi connectivity index (χ0v) is 11.7. The monoisotopic (exact) mass is 252 g/mol. The van der Waals surface area contributed by atoms with Crippen LogP contribution in [0.25, 0.3) is 0 Å². The van der Waals surface area contributed by atoms with Gasteiger partial charge in [-0.3, -0.25) is 4.90 Å². The van der Waals surface area contributed by atoms with Gasteiger partial charge in [0.2, 0.25) is 0 Å². The van der Waals surface area contributed by atoms with E-state index >= 15 is 0 Å². The van der Waals surface area contributed by atoms with E-state index in [1.54, 1.807) is 19.2 Å². The minimum atomic E-state index is 0.164. The first-order valence-corrected chi connectivity index (χ1v) is 6.32. The second kappa shape index (κ2) is 7.24. The van der Waals surface area contributed by atoms with E-state index in [-0.39, 0.29) is 6.04 Å².